The number of alkyl halides is 3. The van der Waals surface area contributed by atoms with Gasteiger partial charge in [-0.15, -0.1) is 0 Å². The summed E-state index contributed by atoms with van der Waals surface area (Å²) in [7, 11) is 1.30. The van der Waals surface area contributed by atoms with Crippen LogP contribution in [0.3, 0.4) is 0 Å². The molecule has 0 spiro atoms. The van der Waals surface area contributed by atoms with Crippen LogP contribution in [0.2, 0.25) is 5.02 Å². The standard InChI is InChI=1S/C16H13ClF3NO3/c1-9(15(22)23-2)10-3-5-12(6-4-10)24-14-13(17)7-11(8-21-14)16(18,19)20/h3-9H,1-2H3. The molecule has 8 heteroatoms. The van der Waals surface area contributed by atoms with E-state index in [1.54, 1.807) is 31.2 Å². The number of carbonyl (C=O) groups excluding carboxylic acids is 1. The molecule has 1 aromatic carbocycles. The molecule has 128 valence electrons. The zero-order chi connectivity index (χ0) is 17.9. The summed E-state index contributed by atoms with van der Waals surface area (Å²) >= 11 is 5.78. The summed E-state index contributed by atoms with van der Waals surface area (Å²) < 4.78 is 47.7. The number of rotatable bonds is 4. The third-order valence-electron chi connectivity index (χ3n) is 3.28. The van der Waals surface area contributed by atoms with E-state index in [1.165, 1.54) is 7.11 Å². The van der Waals surface area contributed by atoms with Crippen molar-refractivity contribution in [3.05, 3.63) is 52.7 Å². The fourth-order valence-electron chi connectivity index (χ4n) is 1.90. The summed E-state index contributed by atoms with van der Waals surface area (Å²) in [5.41, 5.74) is -0.247. The lowest BCUT2D eigenvalue weighted by Gasteiger charge is -2.12. The highest BCUT2D eigenvalue weighted by atomic mass is 35.5. The molecule has 0 fully saturated rings. The van der Waals surface area contributed by atoms with E-state index >= 15 is 0 Å². The Balaban J connectivity index is 2.16. The van der Waals surface area contributed by atoms with Crippen LogP contribution in [0, 0.1) is 0 Å². The van der Waals surface area contributed by atoms with Gasteiger partial charge in [0.15, 0.2) is 0 Å². The van der Waals surface area contributed by atoms with Crippen molar-refractivity contribution in [1.29, 1.82) is 0 Å². The Kier molecular flexibility index (Phi) is 5.33. The minimum Gasteiger partial charge on any atom is -0.469 e. The maximum atomic E-state index is 12.6. The van der Waals surface area contributed by atoms with Crippen molar-refractivity contribution in [3.8, 4) is 11.6 Å². The minimum absolute atomic E-state index is 0.140. The third-order valence-corrected chi connectivity index (χ3v) is 3.55. The number of methoxy groups -OCH3 is 1. The van der Waals surface area contributed by atoms with Crippen molar-refractivity contribution in [2.24, 2.45) is 0 Å². The monoisotopic (exact) mass is 359 g/mol. The topological polar surface area (TPSA) is 48.4 Å². The lowest BCUT2D eigenvalue weighted by molar-refractivity contribution is -0.142. The van der Waals surface area contributed by atoms with Crippen LogP contribution in [0.5, 0.6) is 11.6 Å². The smallest absolute Gasteiger partial charge is 0.417 e. The van der Waals surface area contributed by atoms with E-state index in [0.717, 1.165) is 6.07 Å². The molecule has 4 nitrogen and oxygen atoms in total. The predicted molar refractivity (Wildman–Crippen MR) is 81.2 cm³/mol. The largest absolute Gasteiger partial charge is 0.469 e. The number of pyridine rings is 1. The number of hydrogen-bond donors (Lipinski definition) is 0. The summed E-state index contributed by atoms with van der Waals surface area (Å²) in [5, 5.41) is -0.253. The first-order valence-electron chi connectivity index (χ1n) is 6.80. The molecule has 0 aliphatic heterocycles. The second-order valence-electron chi connectivity index (χ2n) is 4.92. The number of aromatic nitrogens is 1. The highest BCUT2D eigenvalue weighted by Gasteiger charge is 2.31. The van der Waals surface area contributed by atoms with E-state index in [1.807, 2.05) is 0 Å². The summed E-state index contributed by atoms with van der Waals surface area (Å²) in [4.78, 5) is 15.1. The van der Waals surface area contributed by atoms with E-state index in [9.17, 15) is 18.0 Å². The zero-order valence-corrected chi connectivity index (χ0v) is 13.5. The van der Waals surface area contributed by atoms with Crippen LogP contribution in [0.15, 0.2) is 36.5 Å². The normalized spacial score (nSPS) is 12.6. The van der Waals surface area contributed by atoms with Gasteiger partial charge in [-0.2, -0.15) is 13.2 Å². The number of ether oxygens (including phenoxy) is 2. The lowest BCUT2D eigenvalue weighted by Crippen LogP contribution is -2.10. The molecular weight excluding hydrogens is 347 g/mol. The molecule has 0 amide bonds. The van der Waals surface area contributed by atoms with Gasteiger partial charge in [-0.05, 0) is 30.7 Å². The molecule has 0 radical (unpaired) electrons. The van der Waals surface area contributed by atoms with Gasteiger partial charge in [-0.25, -0.2) is 4.98 Å². The molecule has 1 atom stereocenters. The average molecular weight is 360 g/mol. The Labute approximate surface area is 141 Å². The van der Waals surface area contributed by atoms with Crippen LogP contribution >= 0.6 is 11.6 Å². The van der Waals surface area contributed by atoms with Crippen LogP contribution in [0.1, 0.15) is 24.0 Å². The molecule has 0 aliphatic carbocycles. The number of nitrogens with zero attached hydrogens (tertiary/aromatic N) is 1. The van der Waals surface area contributed by atoms with Crippen LogP contribution < -0.4 is 4.74 Å². The van der Waals surface area contributed by atoms with Crippen molar-refractivity contribution in [3.63, 3.8) is 0 Å². The molecule has 24 heavy (non-hydrogen) atoms. The highest BCUT2D eigenvalue weighted by molar-refractivity contribution is 6.31. The summed E-state index contributed by atoms with van der Waals surface area (Å²) in [6.45, 7) is 1.69. The van der Waals surface area contributed by atoms with Crippen molar-refractivity contribution in [2.75, 3.05) is 7.11 Å². The quantitative estimate of drug-likeness (QED) is 0.734. The van der Waals surface area contributed by atoms with Gasteiger partial charge in [-0.3, -0.25) is 4.79 Å². The van der Waals surface area contributed by atoms with E-state index in [0.29, 0.717) is 17.5 Å². The van der Waals surface area contributed by atoms with Gasteiger partial charge in [0.2, 0.25) is 5.88 Å². The molecule has 0 saturated carbocycles. The van der Waals surface area contributed by atoms with Crippen LogP contribution in [0.4, 0.5) is 13.2 Å². The van der Waals surface area contributed by atoms with Gasteiger partial charge in [-0.1, -0.05) is 23.7 Å². The van der Waals surface area contributed by atoms with Crippen LogP contribution in [-0.2, 0) is 15.7 Å². The highest BCUT2D eigenvalue weighted by Crippen LogP contribution is 2.34. The van der Waals surface area contributed by atoms with E-state index in [-0.39, 0.29) is 16.9 Å². The van der Waals surface area contributed by atoms with Crippen molar-refractivity contribution < 1.29 is 27.4 Å². The van der Waals surface area contributed by atoms with Gasteiger partial charge in [0, 0.05) is 6.20 Å². The fourth-order valence-corrected chi connectivity index (χ4v) is 2.11. The Morgan fingerprint density at radius 1 is 1.25 bits per heavy atom. The van der Waals surface area contributed by atoms with Gasteiger partial charge >= 0.3 is 12.1 Å². The number of hydrogen-bond acceptors (Lipinski definition) is 4. The summed E-state index contributed by atoms with van der Waals surface area (Å²) in [5.74, 6) is -0.642. The number of esters is 1. The number of carbonyl (C=O) groups is 1. The Hall–Kier alpha value is -2.28. The number of halogens is 4. The Morgan fingerprint density at radius 3 is 2.38 bits per heavy atom. The minimum atomic E-state index is -4.53. The third kappa shape index (κ3) is 4.17. The van der Waals surface area contributed by atoms with Gasteiger partial charge in [0.05, 0.1) is 18.6 Å². The van der Waals surface area contributed by atoms with Crippen molar-refractivity contribution in [2.45, 2.75) is 19.0 Å². The molecular formula is C16H13ClF3NO3. The van der Waals surface area contributed by atoms with Crippen molar-refractivity contribution in [1.82, 2.24) is 4.98 Å². The van der Waals surface area contributed by atoms with Gasteiger partial charge in [0.1, 0.15) is 10.8 Å². The Morgan fingerprint density at radius 2 is 1.88 bits per heavy atom. The first kappa shape index (κ1) is 18.1. The SMILES string of the molecule is COC(=O)C(C)c1ccc(Oc2ncc(C(F)(F)F)cc2Cl)cc1. The number of benzene rings is 1. The molecule has 0 saturated heterocycles. The maximum absolute atomic E-state index is 12.6. The molecule has 1 aromatic heterocycles. The van der Waals surface area contributed by atoms with Gasteiger partial charge < -0.3 is 9.47 Å². The summed E-state index contributed by atoms with van der Waals surface area (Å²) in [6.07, 6.45) is -3.88. The summed E-state index contributed by atoms with van der Waals surface area (Å²) in [6, 6.07) is 7.16. The van der Waals surface area contributed by atoms with E-state index < -0.39 is 17.7 Å². The Bertz CT molecular complexity index is 732. The van der Waals surface area contributed by atoms with Gasteiger partial charge in [0.25, 0.3) is 0 Å². The first-order valence-corrected chi connectivity index (χ1v) is 7.18. The fraction of sp³-hybridized carbons (Fsp3) is 0.250. The molecule has 0 bridgehead atoms. The lowest BCUT2D eigenvalue weighted by atomic mass is 10.0. The van der Waals surface area contributed by atoms with Crippen LogP contribution in [0.25, 0.3) is 0 Å². The zero-order valence-electron chi connectivity index (χ0n) is 12.7. The van der Waals surface area contributed by atoms with Crippen LogP contribution in [-0.4, -0.2) is 18.1 Å². The maximum Gasteiger partial charge on any atom is 0.417 e. The molecule has 0 N–H and O–H groups in total. The second kappa shape index (κ2) is 7.09. The molecule has 0 aliphatic rings. The average Bonchev–Trinajstić information content (AvgIpc) is 2.55. The second-order valence-corrected chi connectivity index (χ2v) is 5.33. The molecule has 1 heterocycles. The first-order chi connectivity index (χ1) is 11.2. The van der Waals surface area contributed by atoms with E-state index in [2.05, 4.69) is 9.72 Å². The van der Waals surface area contributed by atoms with Crippen molar-refractivity contribution >= 4 is 17.6 Å². The molecule has 1 unspecified atom stereocenters. The molecule has 2 rings (SSSR count). The molecule has 2 aromatic rings. The van der Waals surface area contributed by atoms with E-state index in [4.69, 9.17) is 16.3 Å². The predicted octanol–water partition coefficient (Wildman–Crippen LogP) is 4.82.